The van der Waals surface area contributed by atoms with Gasteiger partial charge in [-0.25, -0.2) is 14.4 Å². The zero-order valence-electron chi connectivity index (χ0n) is 7.69. The predicted molar refractivity (Wildman–Crippen MR) is 49.8 cm³/mol. The number of alkyl halides is 1. The molecular formula is C9H12FN3O. The van der Waals surface area contributed by atoms with Gasteiger partial charge in [0.15, 0.2) is 0 Å². The van der Waals surface area contributed by atoms with E-state index in [0.29, 0.717) is 19.0 Å². The molecule has 2 rings (SSSR count). The SMILES string of the molecule is F[C@@H]1COCC[C@@H]1Nc1ncccn1. The largest absolute Gasteiger partial charge is 0.378 e. The first-order valence-electron chi connectivity index (χ1n) is 4.61. The number of halogens is 1. The summed E-state index contributed by atoms with van der Waals surface area (Å²) in [5.74, 6) is 0.474. The van der Waals surface area contributed by atoms with E-state index >= 15 is 0 Å². The maximum absolute atomic E-state index is 13.3. The lowest BCUT2D eigenvalue weighted by Crippen LogP contribution is -2.39. The Hall–Kier alpha value is -1.23. The number of hydrogen-bond donors (Lipinski definition) is 1. The summed E-state index contributed by atoms with van der Waals surface area (Å²) < 4.78 is 18.3. The van der Waals surface area contributed by atoms with E-state index < -0.39 is 6.17 Å². The highest BCUT2D eigenvalue weighted by Crippen LogP contribution is 2.14. The number of hydrogen-bond acceptors (Lipinski definition) is 4. The molecule has 14 heavy (non-hydrogen) atoms. The van der Waals surface area contributed by atoms with E-state index in [2.05, 4.69) is 15.3 Å². The lowest BCUT2D eigenvalue weighted by Gasteiger charge is -2.26. The standard InChI is InChI=1S/C9H12FN3O/c10-7-6-14-5-2-8(7)13-9-11-3-1-4-12-9/h1,3-4,7-8H,2,5-6H2,(H,11,12,13)/t7-,8+/m1/s1. The molecule has 1 aliphatic rings. The third-order valence-electron chi connectivity index (χ3n) is 2.17. The minimum atomic E-state index is -0.979. The van der Waals surface area contributed by atoms with Gasteiger partial charge in [-0.3, -0.25) is 0 Å². The van der Waals surface area contributed by atoms with Gasteiger partial charge in [-0.1, -0.05) is 0 Å². The van der Waals surface area contributed by atoms with Crippen molar-refractivity contribution >= 4 is 5.95 Å². The normalized spacial score (nSPS) is 27.2. The Kier molecular flexibility index (Phi) is 2.88. The van der Waals surface area contributed by atoms with Crippen LogP contribution in [0.1, 0.15) is 6.42 Å². The summed E-state index contributed by atoms with van der Waals surface area (Å²) in [4.78, 5) is 7.96. The second-order valence-corrected chi connectivity index (χ2v) is 3.20. The van der Waals surface area contributed by atoms with Gasteiger partial charge >= 0.3 is 0 Å². The van der Waals surface area contributed by atoms with Crippen molar-refractivity contribution in [1.82, 2.24) is 9.97 Å². The smallest absolute Gasteiger partial charge is 0.222 e. The summed E-state index contributed by atoms with van der Waals surface area (Å²) in [5, 5.41) is 2.95. The topological polar surface area (TPSA) is 47.0 Å². The van der Waals surface area contributed by atoms with Crippen molar-refractivity contribution in [1.29, 1.82) is 0 Å². The first-order valence-corrected chi connectivity index (χ1v) is 4.61. The van der Waals surface area contributed by atoms with Gasteiger partial charge < -0.3 is 10.1 Å². The minimum Gasteiger partial charge on any atom is -0.378 e. The quantitative estimate of drug-likeness (QED) is 0.768. The maximum atomic E-state index is 13.3. The molecule has 0 spiro atoms. The van der Waals surface area contributed by atoms with E-state index in [9.17, 15) is 4.39 Å². The summed E-state index contributed by atoms with van der Waals surface area (Å²) in [6.45, 7) is 0.745. The fourth-order valence-corrected chi connectivity index (χ4v) is 1.41. The van der Waals surface area contributed by atoms with Crippen LogP contribution in [0, 0.1) is 0 Å². The van der Waals surface area contributed by atoms with Gasteiger partial charge in [0.2, 0.25) is 5.95 Å². The van der Waals surface area contributed by atoms with Gasteiger partial charge in [0, 0.05) is 19.0 Å². The third-order valence-corrected chi connectivity index (χ3v) is 2.17. The number of rotatable bonds is 2. The molecule has 1 aliphatic heterocycles. The zero-order chi connectivity index (χ0) is 9.80. The fraction of sp³-hybridized carbons (Fsp3) is 0.556. The molecule has 0 saturated carbocycles. The number of nitrogens with one attached hydrogen (secondary N) is 1. The van der Waals surface area contributed by atoms with Crippen LogP contribution in [0.2, 0.25) is 0 Å². The molecule has 1 N–H and O–H groups in total. The zero-order valence-corrected chi connectivity index (χ0v) is 7.69. The van der Waals surface area contributed by atoms with Gasteiger partial charge in [0.05, 0.1) is 12.6 Å². The highest BCUT2D eigenvalue weighted by atomic mass is 19.1. The van der Waals surface area contributed by atoms with Crippen LogP contribution < -0.4 is 5.32 Å². The summed E-state index contributed by atoms with van der Waals surface area (Å²) in [6.07, 6.45) is 2.93. The molecule has 1 saturated heterocycles. The first kappa shape index (κ1) is 9.33. The molecule has 0 bridgehead atoms. The van der Waals surface area contributed by atoms with Crippen molar-refractivity contribution in [2.45, 2.75) is 18.6 Å². The molecule has 5 heteroatoms. The van der Waals surface area contributed by atoms with E-state index in [1.165, 1.54) is 0 Å². The third kappa shape index (κ3) is 2.17. The van der Waals surface area contributed by atoms with Crippen LogP contribution in [-0.4, -0.2) is 35.4 Å². The van der Waals surface area contributed by atoms with E-state index in [1.54, 1.807) is 18.5 Å². The van der Waals surface area contributed by atoms with Gasteiger partial charge in [-0.05, 0) is 12.5 Å². The molecule has 0 unspecified atom stereocenters. The number of ether oxygens (including phenoxy) is 1. The van der Waals surface area contributed by atoms with E-state index in [4.69, 9.17) is 4.74 Å². The van der Waals surface area contributed by atoms with Crippen LogP contribution in [0.15, 0.2) is 18.5 Å². The van der Waals surface area contributed by atoms with Crippen LogP contribution in [0.5, 0.6) is 0 Å². The van der Waals surface area contributed by atoms with Crippen LogP contribution in [0.4, 0.5) is 10.3 Å². The molecule has 1 aromatic rings. The van der Waals surface area contributed by atoms with Gasteiger partial charge in [-0.15, -0.1) is 0 Å². The first-order chi connectivity index (χ1) is 6.86. The van der Waals surface area contributed by atoms with Gasteiger partial charge in [0.1, 0.15) is 6.17 Å². The number of nitrogens with zero attached hydrogens (tertiary/aromatic N) is 2. The Morgan fingerprint density at radius 1 is 1.43 bits per heavy atom. The Balaban J connectivity index is 1.96. The summed E-state index contributed by atoms with van der Waals surface area (Å²) in [5.41, 5.74) is 0. The van der Waals surface area contributed by atoms with Crippen molar-refractivity contribution in [2.24, 2.45) is 0 Å². The lowest BCUT2D eigenvalue weighted by molar-refractivity contribution is 0.0284. The Morgan fingerprint density at radius 3 is 2.93 bits per heavy atom. The molecule has 1 fully saturated rings. The van der Waals surface area contributed by atoms with Crippen molar-refractivity contribution in [2.75, 3.05) is 18.5 Å². The van der Waals surface area contributed by atoms with Crippen LogP contribution in [0.25, 0.3) is 0 Å². The van der Waals surface area contributed by atoms with Crippen molar-refractivity contribution < 1.29 is 9.13 Å². The highest BCUT2D eigenvalue weighted by molar-refractivity contribution is 5.25. The highest BCUT2D eigenvalue weighted by Gasteiger charge is 2.25. The molecule has 1 aromatic heterocycles. The molecular weight excluding hydrogens is 185 g/mol. The monoisotopic (exact) mass is 197 g/mol. The Labute approximate surface area is 81.5 Å². The molecule has 0 aliphatic carbocycles. The summed E-state index contributed by atoms with van der Waals surface area (Å²) in [7, 11) is 0. The van der Waals surface area contributed by atoms with Crippen LogP contribution in [-0.2, 0) is 4.74 Å². The second kappa shape index (κ2) is 4.32. The van der Waals surface area contributed by atoms with E-state index in [-0.39, 0.29) is 12.6 Å². The molecule has 0 aromatic carbocycles. The molecule has 0 amide bonds. The Morgan fingerprint density at radius 2 is 2.21 bits per heavy atom. The van der Waals surface area contributed by atoms with Gasteiger partial charge in [0.25, 0.3) is 0 Å². The predicted octanol–water partition coefficient (Wildman–Crippen LogP) is 1.02. The fourth-order valence-electron chi connectivity index (χ4n) is 1.41. The van der Waals surface area contributed by atoms with Crippen LogP contribution >= 0.6 is 0 Å². The lowest BCUT2D eigenvalue weighted by atomic mass is 10.1. The molecule has 2 atom stereocenters. The average Bonchev–Trinajstić information content (AvgIpc) is 2.23. The summed E-state index contributed by atoms with van der Waals surface area (Å²) >= 11 is 0. The molecule has 0 radical (unpaired) electrons. The van der Waals surface area contributed by atoms with Crippen LogP contribution in [0.3, 0.4) is 0 Å². The molecule has 76 valence electrons. The Bertz CT molecular complexity index is 283. The van der Waals surface area contributed by atoms with Crippen molar-refractivity contribution in [3.8, 4) is 0 Å². The molecule has 4 nitrogen and oxygen atoms in total. The number of anilines is 1. The molecule has 2 heterocycles. The second-order valence-electron chi connectivity index (χ2n) is 3.20. The number of aromatic nitrogens is 2. The van der Waals surface area contributed by atoms with E-state index in [0.717, 1.165) is 0 Å². The summed E-state index contributed by atoms with van der Waals surface area (Å²) in [6, 6.07) is 1.49. The van der Waals surface area contributed by atoms with E-state index in [1.807, 2.05) is 0 Å². The minimum absolute atomic E-state index is 0.157. The van der Waals surface area contributed by atoms with Crippen molar-refractivity contribution in [3.63, 3.8) is 0 Å². The van der Waals surface area contributed by atoms with Gasteiger partial charge in [-0.2, -0.15) is 0 Å². The van der Waals surface area contributed by atoms with Crippen molar-refractivity contribution in [3.05, 3.63) is 18.5 Å². The average molecular weight is 197 g/mol. The maximum Gasteiger partial charge on any atom is 0.222 e.